The van der Waals surface area contributed by atoms with Gasteiger partial charge in [-0.05, 0) is 78.4 Å². The van der Waals surface area contributed by atoms with Crippen LogP contribution in [0.25, 0.3) is 0 Å². The topological polar surface area (TPSA) is 67.9 Å². The summed E-state index contributed by atoms with van der Waals surface area (Å²) in [5.41, 5.74) is 0. The third-order valence-corrected chi connectivity index (χ3v) is 9.17. The molecule has 0 aromatic rings. The number of nitrogens with one attached hydrogen (secondary N) is 1. The van der Waals surface area contributed by atoms with Crippen LogP contribution in [0.2, 0.25) is 0 Å². The number of unbranched alkanes of at least 4 members (excludes halogenated alkanes) is 18. The highest BCUT2D eigenvalue weighted by atomic mass is 16.5. The minimum atomic E-state index is -0.0630. The molecule has 0 aliphatic heterocycles. The summed E-state index contributed by atoms with van der Waals surface area (Å²) in [6.07, 6.45) is 38.7. The van der Waals surface area contributed by atoms with Crippen LogP contribution >= 0.6 is 0 Å². The Kier molecular flexibility index (Phi) is 34.4. The predicted octanol–water partition coefficient (Wildman–Crippen LogP) is 11.1. The van der Waals surface area contributed by atoms with Crippen LogP contribution in [-0.2, 0) is 19.1 Å². The number of nitrogens with zero attached hydrogens (tertiary/aromatic N) is 1. The van der Waals surface area contributed by atoms with Gasteiger partial charge in [-0.15, -0.1) is 0 Å². The van der Waals surface area contributed by atoms with Crippen molar-refractivity contribution in [3.63, 3.8) is 0 Å². The molecule has 1 unspecified atom stereocenters. The Morgan fingerprint density at radius 2 is 0.936 bits per heavy atom. The number of allylic oxidation sites excluding steroid dienone is 2. The molecule has 0 radical (unpaired) electrons. The van der Waals surface area contributed by atoms with Crippen molar-refractivity contribution < 1.29 is 19.1 Å². The smallest absolute Gasteiger partial charge is 0.306 e. The van der Waals surface area contributed by atoms with E-state index in [1.165, 1.54) is 116 Å². The number of hydrogen-bond donors (Lipinski definition) is 1. The molecule has 6 heteroatoms. The number of carbonyl (C=O) groups excluding carboxylic acids is 2. The zero-order chi connectivity index (χ0) is 34.6. The van der Waals surface area contributed by atoms with Crippen LogP contribution in [0.3, 0.4) is 0 Å². The van der Waals surface area contributed by atoms with Crippen molar-refractivity contribution in [2.75, 3.05) is 34.4 Å². The molecule has 0 aliphatic carbocycles. The van der Waals surface area contributed by atoms with Crippen LogP contribution in [0, 0.1) is 5.92 Å². The van der Waals surface area contributed by atoms with Crippen LogP contribution < -0.4 is 5.32 Å². The van der Waals surface area contributed by atoms with Gasteiger partial charge in [-0.3, -0.25) is 14.5 Å². The van der Waals surface area contributed by atoms with Gasteiger partial charge in [0, 0.05) is 12.8 Å². The monoisotopic (exact) mass is 663 g/mol. The normalized spacial score (nSPS) is 12.6. The average Bonchev–Trinajstić information content (AvgIpc) is 3.05. The summed E-state index contributed by atoms with van der Waals surface area (Å²) < 4.78 is 10.7. The summed E-state index contributed by atoms with van der Waals surface area (Å²) >= 11 is 0. The first-order chi connectivity index (χ1) is 23.0. The van der Waals surface area contributed by atoms with Crippen molar-refractivity contribution in [1.29, 1.82) is 0 Å². The third kappa shape index (κ3) is 31.4. The maximum Gasteiger partial charge on any atom is 0.306 e. The van der Waals surface area contributed by atoms with Gasteiger partial charge in [0.1, 0.15) is 13.2 Å². The van der Waals surface area contributed by atoms with Crippen LogP contribution in [0.5, 0.6) is 0 Å². The summed E-state index contributed by atoms with van der Waals surface area (Å²) in [6.45, 7) is 5.31. The van der Waals surface area contributed by atoms with Gasteiger partial charge in [-0.1, -0.05) is 141 Å². The van der Waals surface area contributed by atoms with Crippen LogP contribution in [0.15, 0.2) is 24.3 Å². The van der Waals surface area contributed by atoms with Crippen LogP contribution in [0.4, 0.5) is 0 Å². The summed E-state index contributed by atoms with van der Waals surface area (Å²) in [5, 5.41) is 3.54. The van der Waals surface area contributed by atoms with Gasteiger partial charge in [0.2, 0.25) is 0 Å². The van der Waals surface area contributed by atoms with E-state index in [2.05, 4.69) is 57.4 Å². The summed E-state index contributed by atoms with van der Waals surface area (Å²) in [6, 6.07) is 0. The molecule has 0 bridgehead atoms. The van der Waals surface area contributed by atoms with Crippen molar-refractivity contribution >= 4 is 11.9 Å². The highest BCUT2D eigenvalue weighted by molar-refractivity contribution is 5.69. The fourth-order valence-electron chi connectivity index (χ4n) is 6.32. The van der Waals surface area contributed by atoms with Crippen LogP contribution in [0.1, 0.15) is 181 Å². The molecule has 0 fully saturated rings. The molecular weight excluding hydrogens is 584 g/mol. The Bertz CT molecular complexity index is 698. The molecule has 0 amide bonds. The first kappa shape index (κ1) is 45.3. The van der Waals surface area contributed by atoms with Crippen molar-refractivity contribution in [3.8, 4) is 0 Å². The molecule has 1 N–H and O–H groups in total. The van der Waals surface area contributed by atoms with E-state index in [9.17, 15) is 9.59 Å². The van der Waals surface area contributed by atoms with Gasteiger partial charge in [-0.25, -0.2) is 0 Å². The van der Waals surface area contributed by atoms with Crippen molar-refractivity contribution in [2.45, 2.75) is 187 Å². The number of ether oxygens (including phenoxy) is 2. The Labute approximate surface area is 292 Å². The summed E-state index contributed by atoms with van der Waals surface area (Å²) in [4.78, 5) is 26.4. The molecule has 1 atom stereocenters. The molecule has 0 heterocycles. The van der Waals surface area contributed by atoms with Gasteiger partial charge in [0.25, 0.3) is 0 Å². The minimum Gasteiger partial charge on any atom is -0.461 e. The maximum absolute atomic E-state index is 12.0. The van der Waals surface area contributed by atoms with Crippen molar-refractivity contribution in [2.24, 2.45) is 5.92 Å². The summed E-state index contributed by atoms with van der Waals surface area (Å²) in [7, 11) is 6.41. The largest absolute Gasteiger partial charge is 0.461 e. The second-order valence-electron chi connectivity index (χ2n) is 13.8. The molecule has 0 spiro atoms. The number of carbonyl (C=O) groups is 2. The quantitative estimate of drug-likeness (QED) is 0.0315. The molecule has 0 aromatic heterocycles. The second-order valence-corrected chi connectivity index (χ2v) is 13.8. The van der Waals surface area contributed by atoms with E-state index >= 15 is 0 Å². The molecular formula is C41H78N2O4. The fraction of sp³-hybridized carbons (Fsp3) is 0.854. The number of hydrogen-bond acceptors (Lipinski definition) is 6. The molecule has 0 saturated carbocycles. The van der Waals surface area contributed by atoms with E-state index in [0.29, 0.717) is 38.1 Å². The lowest BCUT2D eigenvalue weighted by atomic mass is 9.91. The molecule has 47 heavy (non-hydrogen) atoms. The van der Waals surface area contributed by atoms with E-state index in [1.807, 2.05) is 12.2 Å². The fourth-order valence-corrected chi connectivity index (χ4v) is 6.32. The highest BCUT2D eigenvalue weighted by Crippen LogP contribution is 2.23. The standard InChI is InChI=1S/C41H78N2O4/c1-6-8-10-12-14-16-24-30-36-46-39(44)34-28-22-18-20-26-32-38(41(42-3)43(4)5)33-27-21-19-23-29-35-40(45)47-37-31-25-17-15-13-11-9-7-2/h24-25,30-31,38,41-42H,6-23,26-29,32-37H2,1-5H3/b30-24+,31-25+. The van der Waals surface area contributed by atoms with Gasteiger partial charge >= 0.3 is 11.9 Å². The van der Waals surface area contributed by atoms with Gasteiger partial charge in [0.05, 0.1) is 6.17 Å². The van der Waals surface area contributed by atoms with E-state index in [0.717, 1.165) is 38.5 Å². The van der Waals surface area contributed by atoms with E-state index < -0.39 is 0 Å². The first-order valence-corrected chi connectivity index (χ1v) is 19.9. The Balaban J connectivity index is 3.94. The lowest BCUT2D eigenvalue weighted by molar-refractivity contribution is -0.143. The predicted molar refractivity (Wildman–Crippen MR) is 202 cm³/mol. The Morgan fingerprint density at radius 1 is 0.553 bits per heavy atom. The second kappa shape index (κ2) is 35.6. The molecule has 6 nitrogen and oxygen atoms in total. The third-order valence-electron chi connectivity index (χ3n) is 9.17. The summed E-state index contributed by atoms with van der Waals surface area (Å²) in [5.74, 6) is 0.507. The lowest BCUT2D eigenvalue weighted by Gasteiger charge is -2.32. The van der Waals surface area contributed by atoms with Crippen LogP contribution in [-0.4, -0.2) is 57.4 Å². The molecule has 0 saturated heterocycles. The van der Waals surface area contributed by atoms with E-state index in [4.69, 9.17) is 9.47 Å². The van der Waals surface area contributed by atoms with Crippen molar-refractivity contribution in [1.82, 2.24) is 10.2 Å². The first-order valence-electron chi connectivity index (χ1n) is 19.9. The average molecular weight is 663 g/mol. The lowest BCUT2D eigenvalue weighted by Crippen LogP contribution is -2.45. The minimum absolute atomic E-state index is 0.0630. The van der Waals surface area contributed by atoms with Gasteiger partial charge in [0.15, 0.2) is 0 Å². The SMILES string of the molecule is CCCCCCC/C=C/COC(=O)CCCCCCCC(CCCCCCCC(=O)OC/C=C/CCCCCCC)C(NC)N(C)C. The zero-order valence-corrected chi connectivity index (χ0v) is 31.8. The number of esters is 2. The number of rotatable bonds is 35. The molecule has 0 aromatic carbocycles. The van der Waals surface area contributed by atoms with Crippen molar-refractivity contribution in [3.05, 3.63) is 24.3 Å². The zero-order valence-electron chi connectivity index (χ0n) is 31.8. The Morgan fingerprint density at radius 3 is 1.34 bits per heavy atom. The van der Waals surface area contributed by atoms with Gasteiger partial charge in [-0.2, -0.15) is 0 Å². The molecule has 0 aliphatic rings. The molecule has 276 valence electrons. The Hall–Kier alpha value is -1.66. The molecule has 0 rings (SSSR count). The van der Waals surface area contributed by atoms with E-state index in [-0.39, 0.29) is 11.9 Å². The van der Waals surface area contributed by atoms with E-state index in [1.54, 1.807) is 0 Å². The van der Waals surface area contributed by atoms with Gasteiger partial charge < -0.3 is 14.8 Å². The maximum atomic E-state index is 12.0. The highest BCUT2D eigenvalue weighted by Gasteiger charge is 2.21.